The monoisotopic (exact) mass is 338 g/mol. The Morgan fingerprint density at radius 3 is 2.04 bits per heavy atom. The summed E-state index contributed by atoms with van der Waals surface area (Å²) in [5.74, 6) is 0.191. The molecule has 1 fully saturated rings. The molecule has 23 heavy (non-hydrogen) atoms. The smallest absolute Gasteiger partial charge is 0.227 e. The molecule has 0 radical (unpaired) electrons. The van der Waals surface area contributed by atoms with Gasteiger partial charge in [0.05, 0.1) is 12.2 Å². The van der Waals surface area contributed by atoms with E-state index < -0.39 is 10.0 Å². The molecular weight excluding hydrogens is 312 g/mol. The van der Waals surface area contributed by atoms with Crippen LogP contribution in [0.5, 0.6) is 0 Å². The van der Waals surface area contributed by atoms with Crippen molar-refractivity contribution in [2.24, 2.45) is 0 Å². The number of nitrogens with zero attached hydrogens (tertiary/aromatic N) is 2. The fourth-order valence-corrected chi connectivity index (χ4v) is 4.23. The molecule has 0 atom stereocenters. The second kappa shape index (κ2) is 7.01. The first-order chi connectivity index (χ1) is 10.7. The summed E-state index contributed by atoms with van der Waals surface area (Å²) < 4.78 is 25.2. The number of rotatable bonds is 4. The number of amides is 1. The summed E-state index contributed by atoms with van der Waals surface area (Å²) in [6.45, 7) is 9.52. The lowest BCUT2D eigenvalue weighted by molar-refractivity contribution is -0.131. The van der Waals surface area contributed by atoms with E-state index in [-0.39, 0.29) is 11.7 Å². The van der Waals surface area contributed by atoms with Gasteiger partial charge in [0.1, 0.15) is 0 Å². The van der Waals surface area contributed by atoms with Crippen molar-refractivity contribution in [1.82, 2.24) is 9.21 Å². The Morgan fingerprint density at radius 2 is 1.57 bits per heavy atom. The third kappa shape index (κ3) is 4.12. The molecule has 0 N–H and O–H groups in total. The summed E-state index contributed by atoms with van der Waals surface area (Å²) >= 11 is 0. The molecule has 0 unspecified atom stereocenters. The van der Waals surface area contributed by atoms with Gasteiger partial charge in [-0.15, -0.1) is 0 Å². The molecule has 1 saturated heterocycles. The summed E-state index contributed by atoms with van der Waals surface area (Å²) in [5, 5.41) is 0. The molecule has 5 nitrogen and oxygen atoms in total. The minimum absolute atomic E-state index is 0.0774. The summed E-state index contributed by atoms with van der Waals surface area (Å²) in [7, 11) is -3.15. The van der Waals surface area contributed by atoms with Crippen molar-refractivity contribution in [3.05, 3.63) is 34.4 Å². The Bertz CT molecular complexity index is 667. The summed E-state index contributed by atoms with van der Waals surface area (Å²) in [6.07, 6.45) is 0.387. The second-order valence-electron chi connectivity index (χ2n) is 6.23. The van der Waals surface area contributed by atoms with Gasteiger partial charge in [-0.25, -0.2) is 8.42 Å². The minimum Gasteiger partial charge on any atom is -0.340 e. The SMILES string of the molecule is CCS(=O)(=O)N1CCN(C(=O)Cc2c(C)cc(C)cc2C)CC1. The van der Waals surface area contributed by atoms with Crippen LogP contribution in [0.25, 0.3) is 0 Å². The van der Waals surface area contributed by atoms with Crippen LogP contribution in [0.2, 0.25) is 0 Å². The molecular formula is C17H26N2O3S. The Kier molecular flexibility index (Phi) is 5.47. The van der Waals surface area contributed by atoms with E-state index in [1.165, 1.54) is 9.87 Å². The zero-order valence-electron chi connectivity index (χ0n) is 14.4. The first-order valence-electron chi connectivity index (χ1n) is 8.07. The van der Waals surface area contributed by atoms with Crippen molar-refractivity contribution < 1.29 is 13.2 Å². The maximum atomic E-state index is 12.5. The predicted molar refractivity (Wildman–Crippen MR) is 92.0 cm³/mol. The van der Waals surface area contributed by atoms with Crippen LogP contribution in [0, 0.1) is 20.8 Å². The van der Waals surface area contributed by atoms with Gasteiger partial charge in [-0.1, -0.05) is 17.7 Å². The maximum absolute atomic E-state index is 12.5. The van der Waals surface area contributed by atoms with Crippen LogP contribution in [0.4, 0.5) is 0 Å². The van der Waals surface area contributed by atoms with Crippen molar-refractivity contribution in [3.8, 4) is 0 Å². The molecule has 2 rings (SSSR count). The van der Waals surface area contributed by atoms with E-state index in [1.54, 1.807) is 11.8 Å². The molecule has 1 amide bonds. The third-order valence-corrected chi connectivity index (χ3v) is 6.40. The van der Waals surface area contributed by atoms with Gasteiger partial charge in [-0.3, -0.25) is 4.79 Å². The first kappa shape index (κ1) is 17.9. The highest BCUT2D eigenvalue weighted by atomic mass is 32.2. The average molecular weight is 338 g/mol. The van der Waals surface area contributed by atoms with Crippen LogP contribution in [-0.2, 0) is 21.2 Å². The zero-order chi connectivity index (χ0) is 17.2. The third-order valence-electron chi connectivity index (χ3n) is 4.52. The molecule has 1 aromatic carbocycles. The van der Waals surface area contributed by atoms with Gasteiger partial charge in [-0.05, 0) is 44.4 Å². The fraction of sp³-hybridized carbons (Fsp3) is 0.588. The molecule has 1 aliphatic rings. The van der Waals surface area contributed by atoms with E-state index in [0.717, 1.165) is 16.7 Å². The predicted octanol–water partition coefficient (Wildman–Crippen LogP) is 1.65. The normalized spacial score (nSPS) is 16.6. The Hall–Kier alpha value is -1.40. The minimum atomic E-state index is -3.15. The number of aryl methyl sites for hydroxylation is 3. The highest BCUT2D eigenvalue weighted by Crippen LogP contribution is 2.18. The summed E-state index contributed by atoms with van der Waals surface area (Å²) in [4.78, 5) is 14.3. The average Bonchev–Trinajstić information content (AvgIpc) is 2.50. The van der Waals surface area contributed by atoms with Crippen LogP contribution in [0.3, 0.4) is 0 Å². The van der Waals surface area contributed by atoms with Crippen LogP contribution in [0.1, 0.15) is 29.2 Å². The van der Waals surface area contributed by atoms with Crippen LogP contribution >= 0.6 is 0 Å². The fourth-order valence-electron chi connectivity index (χ4n) is 3.15. The molecule has 0 aliphatic carbocycles. The molecule has 1 aromatic rings. The van der Waals surface area contributed by atoms with Crippen molar-refractivity contribution >= 4 is 15.9 Å². The first-order valence-corrected chi connectivity index (χ1v) is 9.68. The van der Waals surface area contributed by atoms with Gasteiger partial charge in [0.2, 0.25) is 15.9 Å². The Balaban J connectivity index is 2.01. The van der Waals surface area contributed by atoms with Crippen LogP contribution in [-0.4, -0.2) is 55.5 Å². The number of carbonyl (C=O) groups is 1. The van der Waals surface area contributed by atoms with Crippen LogP contribution in [0.15, 0.2) is 12.1 Å². The standard InChI is InChI=1S/C17H26N2O3S/c1-5-23(21,22)19-8-6-18(7-9-19)17(20)12-16-14(3)10-13(2)11-15(16)4/h10-11H,5-9,12H2,1-4H3. The van der Waals surface area contributed by atoms with Gasteiger partial charge in [0.15, 0.2) is 0 Å². The van der Waals surface area contributed by atoms with Gasteiger partial charge >= 0.3 is 0 Å². The summed E-state index contributed by atoms with van der Waals surface area (Å²) in [6, 6.07) is 4.20. The van der Waals surface area contributed by atoms with Gasteiger partial charge in [-0.2, -0.15) is 4.31 Å². The molecule has 0 saturated carbocycles. The van der Waals surface area contributed by atoms with E-state index in [0.29, 0.717) is 32.6 Å². The molecule has 6 heteroatoms. The topological polar surface area (TPSA) is 57.7 Å². The van der Waals surface area contributed by atoms with Crippen molar-refractivity contribution in [2.45, 2.75) is 34.1 Å². The van der Waals surface area contributed by atoms with E-state index in [4.69, 9.17) is 0 Å². The Labute approximate surface area is 139 Å². The van der Waals surface area contributed by atoms with Gasteiger partial charge in [0.25, 0.3) is 0 Å². The van der Waals surface area contributed by atoms with E-state index in [1.807, 2.05) is 13.8 Å². The molecule has 1 heterocycles. The molecule has 128 valence electrons. The second-order valence-corrected chi connectivity index (χ2v) is 8.49. The highest BCUT2D eigenvalue weighted by Gasteiger charge is 2.27. The molecule has 0 aromatic heterocycles. The number of hydrogen-bond acceptors (Lipinski definition) is 3. The zero-order valence-corrected chi connectivity index (χ0v) is 15.2. The number of carbonyl (C=O) groups excluding carboxylic acids is 1. The molecule has 0 bridgehead atoms. The van der Waals surface area contributed by atoms with Crippen molar-refractivity contribution in [3.63, 3.8) is 0 Å². The highest BCUT2D eigenvalue weighted by molar-refractivity contribution is 7.89. The van der Waals surface area contributed by atoms with Crippen LogP contribution < -0.4 is 0 Å². The lowest BCUT2D eigenvalue weighted by Crippen LogP contribution is -2.51. The van der Waals surface area contributed by atoms with E-state index in [9.17, 15) is 13.2 Å². The summed E-state index contributed by atoms with van der Waals surface area (Å²) in [5.41, 5.74) is 4.57. The van der Waals surface area contributed by atoms with Gasteiger partial charge < -0.3 is 4.90 Å². The molecule has 1 aliphatic heterocycles. The Morgan fingerprint density at radius 1 is 1.04 bits per heavy atom. The number of benzene rings is 1. The van der Waals surface area contributed by atoms with E-state index >= 15 is 0 Å². The lowest BCUT2D eigenvalue weighted by atomic mass is 9.97. The number of hydrogen-bond donors (Lipinski definition) is 0. The van der Waals surface area contributed by atoms with Gasteiger partial charge in [0, 0.05) is 26.2 Å². The van der Waals surface area contributed by atoms with Crippen molar-refractivity contribution in [2.75, 3.05) is 31.9 Å². The molecule has 0 spiro atoms. The van der Waals surface area contributed by atoms with Crippen molar-refractivity contribution in [1.29, 1.82) is 0 Å². The number of sulfonamides is 1. The number of piperazine rings is 1. The quantitative estimate of drug-likeness (QED) is 0.839. The lowest BCUT2D eigenvalue weighted by Gasteiger charge is -2.34. The van der Waals surface area contributed by atoms with E-state index in [2.05, 4.69) is 19.1 Å². The maximum Gasteiger partial charge on any atom is 0.227 e. The largest absolute Gasteiger partial charge is 0.340 e.